The molecular formula is C28H18F2N4O8S2. The number of carboxylic acids is 2. The van der Waals surface area contributed by atoms with Crippen molar-refractivity contribution in [2.24, 2.45) is 0 Å². The van der Waals surface area contributed by atoms with Crippen LogP contribution in [0.15, 0.2) is 82.6 Å². The van der Waals surface area contributed by atoms with Crippen LogP contribution in [0.3, 0.4) is 0 Å². The average Bonchev–Trinajstić information content (AvgIpc) is 2.98. The highest BCUT2D eigenvalue weighted by Crippen LogP contribution is 2.38. The number of hydrogen-bond acceptors (Lipinski definition) is 8. The Hall–Kier alpha value is -5.58. The van der Waals surface area contributed by atoms with Crippen LogP contribution in [0.25, 0.3) is 10.8 Å². The Balaban J connectivity index is 1.97. The molecule has 0 aliphatic heterocycles. The van der Waals surface area contributed by atoms with E-state index in [0.717, 1.165) is 48.5 Å². The topological polar surface area (TPSA) is 197 Å². The number of nitriles is 2. The van der Waals surface area contributed by atoms with Gasteiger partial charge >= 0.3 is 11.9 Å². The number of sulfonamides is 2. The van der Waals surface area contributed by atoms with E-state index in [4.69, 9.17) is 10.5 Å². The number of benzene rings is 4. The van der Waals surface area contributed by atoms with Gasteiger partial charge in [-0.3, -0.25) is 18.2 Å². The fourth-order valence-corrected chi connectivity index (χ4v) is 7.22. The molecule has 12 nitrogen and oxygen atoms in total. The molecular weight excluding hydrogens is 622 g/mol. The number of carboxylic acid groups (broad SMARTS) is 2. The molecule has 2 N–H and O–H groups in total. The molecule has 0 unspecified atom stereocenters. The van der Waals surface area contributed by atoms with Crippen molar-refractivity contribution in [3.63, 3.8) is 0 Å². The van der Waals surface area contributed by atoms with E-state index in [2.05, 4.69) is 0 Å². The number of nitrogens with zero attached hydrogens (tertiary/aromatic N) is 4. The molecule has 0 atom stereocenters. The third-order valence-electron chi connectivity index (χ3n) is 6.27. The zero-order chi connectivity index (χ0) is 32.4. The van der Waals surface area contributed by atoms with Gasteiger partial charge in [0.25, 0.3) is 20.0 Å². The molecule has 0 bridgehead atoms. The molecule has 0 radical (unpaired) electrons. The lowest BCUT2D eigenvalue weighted by Crippen LogP contribution is -2.37. The van der Waals surface area contributed by atoms with Crippen LogP contribution in [-0.2, 0) is 29.6 Å². The van der Waals surface area contributed by atoms with E-state index >= 15 is 0 Å². The van der Waals surface area contributed by atoms with Crippen molar-refractivity contribution in [3.8, 4) is 12.1 Å². The molecule has 44 heavy (non-hydrogen) atoms. The molecule has 224 valence electrons. The lowest BCUT2D eigenvalue weighted by Gasteiger charge is -2.28. The van der Waals surface area contributed by atoms with Crippen molar-refractivity contribution in [2.45, 2.75) is 9.79 Å². The van der Waals surface area contributed by atoms with Gasteiger partial charge in [0.15, 0.2) is 0 Å². The maximum Gasteiger partial charge on any atom is 0.324 e. The molecule has 0 aromatic heterocycles. The molecule has 0 saturated heterocycles. The smallest absolute Gasteiger partial charge is 0.324 e. The molecule has 16 heteroatoms. The SMILES string of the molecule is N#Cc1cc(S(=O)(=O)N(CC(=O)O)c2ccc(N(CC(=O)O)S(=O)(=O)c3ccc(F)c(C#N)c3)c3ccccc23)ccc1F. The number of carbonyl (C=O) groups is 2. The van der Waals surface area contributed by atoms with E-state index < -0.39 is 77.6 Å². The number of anilines is 2. The lowest BCUT2D eigenvalue weighted by molar-refractivity contribution is -0.136. The molecule has 0 aliphatic rings. The molecule has 4 aromatic carbocycles. The first-order chi connectivity index (χ1) is 20.7. The van der Waals surface area contributed by atoms with Gasteiger partial charge in [-0.15, -0.1) is 0 Å². The summed E-state index contributed by atoms with van der Waals surface area (Å²) in [6, 6.07) is 15.3. The first-order valence-electron chi connectivity index (χ1n) is 12.1. The van der Waals surface area contributed by atoms with Crippen molar-refractivity contribution < 1.29 is 45.4 Å². The Labute approximate surface area is 248 Å². The van der Waals surface area contributed by atoms with Gasteiger partial charge in [-0.1, -0.05) is 24.3 Å². The van der Waals surface area contributed by atoms with E-state index in [-0.39, 0.29) is 22.1 Å². The van der Waals surface area contributed by atoms with Gasteiger partial charge in [0, 0.05) is 10.8 Å². The van der Waals surface area contributed by atoms with Gasteiger partial charge in [0.2, 0.25) is 0 Å². The zero-order valence-electron chi connectivity index (χ0n) is 22.0. The van der Waals surface area contributed by atoms with Crippen LogP contribution in [0.1, 0.15) is 11.1 Å². The highest BCUT2D eigenvalue weighted by molar-refractivity contribution is 7.93. The average molecular weight is 641 g/mol. The lowest BCUT2D eigenvalue weighted by atomic mass is 10.1. The van der Waals surface area contributed by atoms with Gasteiger partial charge in [0.05, 0.1) is 32.3 Å². The van der Waals surface area contributed by atoms with Crippen molar-refractivity contribution in [3.05, 3.63) is 95.6 Å². The number of fused-ring (bicyclic) bond motifs is 1. The summed E-state index contributed by atoms with van der Waals surface area (Å²) in [6.45, 7) is -2.29. The molecule has 4 rings (SSSR count). The largest absolute Gasteiger partial charge is 0.480 e. The molecule has 0 fully saturated rings. The fourth-order valence-electron chi connectivity index (χ4n) is 4.30. The molecule has 0 heterocycles. The molecule has 0 aliphatic carbocycles. The Kier molecular flexibility index (Phi) is 8.52. The highest BCUT2D eigenvalue weighted by Gasteiger charge is 2.33. The number of hydrogen-bond donors (Lipinski definition) is 2. The normalized spacial score (nSPS) is 11.4. The summed E-state index contributed by atoms with van der Waals surface area (Å²) in [4.78, 5) is 22.4. The van der Waals surface area contributed by atoms with Crippen LogP contribution in [-0.4, -0.2) is 52.1 Å². The Morgan fingerprint density at radius 1 is 0.659 bits per heavy atom. The zero-order valence-corrected chi connectivity index (χ0v) is 23.7. The third kappa shape index (κ3) is 5.84. The summed E-state index contributed by atoms with van der Waals surface area (Å²) in [5, 5.41) is 37.4. The van der Waals surface area contributed by atoms with E-state index in [1.54, 1.807) is 0 Å². The van der Waals surface area contributed by atoms with E-state index in [9.17, 15) is 45.4 Å². The monoisotopic (exact) mass is 640 g/mol. The fraction of sp³-hybridized carbons (Fsp3) is 0.0714. The summed E-state index contributed by atoms with van der Waals surface area (Å²) in [5.74, 6) is -5.20. The van der Waals surface area contributed by atoms with Crippen LogP contribution in [0.2, 0.25) is 0 Å². The first-order valence-corrected chi connectivity index (χ1v) is 15.0. The van der Waals surface area contributed by atoms with E-state index in [1.165, 1.54) is 36.4 Å². The minimum Gasteiger partial charge on any atom is -0.480 e. The standard InChI is InChI=1S/C28H18F2N4O8S2/c29-23-7-5-19(11-17(23)13-31)43(39,40)33(15-27(35)36)25-9-10-26(22-4-2-1-3-21(22)25)34(16-28(37)38)44(41,42)20-6-8-24(30)18(12-20)14-32/h1-12H,15-16H2,(H,35,36)(H,37,38). The maximum absolute atomic E-state index is 13.9. The van der Waals surface area contributed by atoms with Crippen LogP contribution in [0.5, 0.6) is 0 Å². The Morgan fingerprint density at radius 3 is 1.34 bits per heavy atom. The second-order valence-corrected chi connectivity index (χ2v) is 12.7. The van der Waals surface area contributed by atoms with Crippen molar-refractivity contribution in [2.75, 3.05) is 21.7 Å². The molecule has 0 spiro atoms. The van der Waals surface area contributed by atoms with Crippen molar-refractivity contribution in [1.29, 1.82) is 10.5 Å². The van der Waals surface area contributed by atoms with Crippen LogP contribution < -0.4 is 8.61 Å². The summed E-state index contributed by atoms with van der Waals surface area (Å²) in [6.07, 6.45) is 0. The van der Waals surface area contributed by atoms with Crippen LogP contribution >= 0.6 is 0 Å². The first kappa shape index (κ1) is 31.4. The van der Waals surface area contributed by atoms with Gasteiger partial charge in [-0.2, -0.15) is 10.5 Å². The third-order valence-corrected chi connectivity index (χ3v) is 9.78. The minimum absolute atomic E-state index is 0.0279. The van der Waals surface area contributed by atoms with Gasteiger partial charge < -0.3 is 10.2 Å². The maximum atomic E-state index is 13.9. The summed E-state index contributed by atoms with van der Waals surface area (Å²) in [7, 11) is -9.57. The predicted molar refractivity (Wildman–Crippen MR) is 151 cm³/mol. The second kappa shape index (κ2) is 12.0. The second-order valence-electron chi connectivity index (χ2n) is 8.97. The van der Waals surface area contributed by atoms with E-state index in [1.807, 2.05) is 0 Å². The summed E-state index contributed by atoms with van der Waals surface area (Å²) >= 11 is 0. The number of halogens is 2. The van der Waals surface area contributed by atoms with Gasteiger partial charge in [0.1, 0.15) is 36.9 Å². The van der Waals surface area contributed by atoms with Crippen molar-refractivity contribution >= 4 is 54.1 Å². The Bertz CT molecular complexity index is 1990. The minimum atomic E-state index is -4.78. The van der Waals surface area contributed by atoms with Crippen LogP contribution in [0, 0.1) is 34.3 Å². The quantitative estimate of drug-likeness (QED) is 0.259. The van der Waals surface area contributed by atoms with E-state index in [0.29, 0.717) is 8.61 Å². The van der Waals surface area contributed by atoms with Crippen molar-refractivity contribution in [1.82, 2.24) is 0 Å². The number of aliphatic carboxylic acids is 2. The molecule has 4 aromatic rings. The molecule has 0 saturated carbocycles. The predicted octanol–water partition coefficient (Wildman–Crippen LogP) is 3.42. The van der Waals surface area contributed by atoms with Gasteiger partial charge in [-0.05, 0) is 48.5 Å². The molecule has 0 amide bonds. The number of rotatable bonds is 10. The summed E-state index contributed by atoms with van der Waals surface area (Å²) in [5.41, 5.74) is -1.76. The van der Waals surface area contributed by atoms with Crippen LogP contribution in [0.4, 0.5) is 20.2 Å². The van der Waals surface area contributed by atoms with Gasteiger partial charge in [-0.25, -0.2) is 25.6 Å². The summed E-state index contributed by atoms with van der Waals surface area (Å²) < 4.78 is 83.5. The Morgan fingerprint density at radius 2 is 1.02 bits per heavy atom. The highest BCUT2D eigenvalue weighted by atomic mass is 32.2.